The van der Waals surface area contributed by atoms with Crippen molar-refractivity contribution in [3.8, 4) is 0 Å². The molecular weight excluding hydrogens is 250 g/mol. The van der Waals surface area contributed by atoms with Gasteiger partial charge in [0.25, 0.3) is 5.91 Å². The lowest BCUT2D eigenvalue weighted by atomic mass is 9.84. The van der Waals surface area contributed by atoms with E-state index in [2.05, 4.69) is 22.4 Å². The van der Waals surface area contributed by atoms with Crippen LogP contribution in [0.5, 0.6) is 0 Å². The smallest absolute Gasteiger partial charge is 0.251 e. The predicted molar refractivity (Wildman–Crippen MR) is 79.6 cm³/mol. The summed E-state index contributed by atoms with van der Waals surface area (Å²) in [5.74, 6) is 0.799. The third-order valence-corrected chi connectivity index (χ3v) is 4.40. The van der Waals surface area contributed by atoms with E-state index in [9.17, 15) is 4.79 Å². The van der Waals surface area contributed by atoms with Crippen LogP contribution in [-0.2, 0) is 0 Å². The van der Waals surface area contributed by atoms with Crippen LogP contribution in [0.4, 0.5) is 0 Å². The maximum Gasteiger partial charge on any atom is 0.251 e. The van der Waals surface area contributed by atoms with E-state index in [0.29, 0.717) is 11.6 Å². The second-order valence-electron chi connectivity index (χ2n) is 5.78. The number of nitrogens with one attached hydrogen (secondary N) is 2. The molecule has 1 aromatic carbocycles. The van der Waals surface area contributed by atoms with Gasteiger partial charge in [-0.05, 0) is 30.9 Å². The monoisotopic (exact) mass is 271 g/mol. The standard InChI is InChI=1S/C16H21N3O/c1-2-11-4-3-5-14(8-11)18-16(20)12-6-7-13-10-17-19-15(13)9-12/h6-7,9-11,14H,2-5,8H2,1H3,(H,17,19)(H,18,20). The number of rotatable bonds is 3. The summed E-state index contributed by atoms with van der Waals surface area (Å²) in [5, 5.41) is 11.1. The second kappa shape index (κ2) is 5.65. The maximum atomic E-state index is 12.3. The maximum absolute atomic E-state index is 12.3. The number of fused-ring (bicyclic) bond motifs is 1. The molecule has 1 fully saturated rings. The van der Waals surface area contributed by atoms with Gasteiger partial charge in [0.05, 0.1) is 11.7 Å². The van der Waals surface area contributed by atoms with Gasteiger partial charge in [-0.3, -0.25) is 9.89 Å². The minimum atomic E-state index is 0.0308. The Morgan fingerprint density at radius 1 is 1.45 bits per heavy atom. The molecule has 0 saturated heterocycles. The molecule has 1 saturated carbocycles. The SMILES string of the molecule is CCC1CCCC(NC(=O)c2ccc3cn[nH]c3c2)C1. The van der Waals surface area contributed by atoms with Crippen molar-refractivity contribution >= 4 is 16.8 Å². The zero-order valence-electron chi connectivity index (χ0n) is 11.9. The first-order valence-electron chi connectivity index (χ1n) is 7.50. The van der Waals surface area contributed by atoms with Gasteiger partial charge in [0.15, 0.2) is 0 Å². The molecule has 1 aliphatic carbocycles. The third-order valence-electron chi connectivity index (χ3n) is 4.40. The number of hydrogen-bond acceptors (Lipinski definition) is 2. The molecule has 4 nitrogen and oxygen atoms in total. The molecule has 0 spiro atoms. The Hall–Kier alpha value is -1.84. The second-order valence-corrected chi connectivity index (χ2v) is 5.78. The minimum Gasteiger partial charge on any atom is -0.349 e. The van der Waals surface area contributed by atoms with E-state index in [1.165, 1.54) is 19.3 Å². The van der Waals surface area contributed by atoms with Crippen LogP contribution < -0.4 is 5.32 Å². The van der Waals surface area contributed by atoms with Crippen LogP contribution in [0.1, 0.15) is 49.4 Å². The van der Waals surface area contributed by atoms with E-state index in [1.807, 2.05) is 18.2 Å². The third kappa shape index (κ3) is 2.69. The van der Waals surface area contributed by atoms with Gasteiger partial charge in [0.1, 0.15) is 0 Å². The molecule has 1 amide bonds. The normalized spacial score (nSPS) is 22.9. The van der Waals surface area contributed by atoms with E-state index >= 15 is 0 Å². The summed E-state index contributed by atoms with van der Waals surface area (Å²) in [4.78, 5) is 12.3. The van der Waals surface area contributed by atoms with E-state index < -0.39 is 0 Å². The van der Waals surface area contributed by atoms with Gasteiger partial charge in [-0.15, -0.1) is 0 Å². The zero-order valence-corrected chi connectivity index (χ0v) is 11.9. The van der Waals surface area contributed by atoms with Crippen LogP contribution in [0, 0.1) is 5.92 Å². The number of nitrogens with zero attached hydrogens (tertiary/aromatic N) is 1. The van der Waals surface area contributed by atoms with Crippen molar-refractivity contribution < 1.29 is 4.79 Å². The van der Waals surface area contributed by atoms with Crippen LogP contribution >= 0.6 is 0 Å². The van der Waals surface area contributed by atoms with Crippen molar-refractivity contribution in [2.45, 2.75) is 45.1 Å². The van der Waals surface area contributed by atoms with Crippen LogP contribution in [0.25, 0.3) is 10.9 Å². The average molecular weight is 271 g/mol. The number of amides is 1. The van der Waals surface area contributed by atoms with Gasteiger partial charge < -0.3 is 5.32 Å². The Bertz CT molecular complexity index is 605. The van der Waals surface area contributed by atoms with Crippen molar-refractivity contribution in [2.75, 3.05) is 0 Å². The summed E-state index contributed by atoms with van der Waals surface area (Å²) >= 11 is 0. The fourth-order valence-corrected chi connectivity index (χ4v) is 3.14. The van der Waals surface area contributed by atoms with Crippen molar-refractivity contribution in [1.29, 1.82) is 0 Å². The molecule has 0 aliphatic heterocycles. The van der Waals surface area contributed by atoms with E-state index in [0.717, 1.165) is 29.7 Å². The number of aromatic amines is 1. The largest absolute Gasteiger partial charge is 0.349 e. The highest BCUT2D eigenvalue weighted by Crippen LogP contribution is 2.26. The van der Waals surface area contributed by atoms with Crippen LogP contribution in [0.2, 0.25) is 0 Å². The van der Waals surface area contributed by atoms with Crippen molar-refractivity contribution in [2.24, 2.45) is 5.92 Å². The first kappa shape index (κ1) is 13.2. The van der Waals surface area contributed by atoms with E-state index in [-0.39, 0.29) is 5.91 Å². The number of benzene rings is 1. The average Bonchev–Trinajstić information content (AvgIpc) is 2.94. The molecular formula is C16H21N3O. The number of hydrogen-bond donors (Lipinski definition) is 2. The number of carbonyl (C=O) groups excluding carboxylic acids is 1. The molecule has 106 valence electrons. The van der Waals surface area contributed by atoms with Gasteiger partial charge in [0, 0.05) is 17.0 Å². The molecule has 1 aromatic heterocycles. The quantitative estimate of drug-likeness (QED) is 0.900. The molecule has 0 radical (unpaired) electrons. The highest BCUT2D eigenvalue weighted by Gasteiger charge is 2.22. The van der Waals surface area contributed by atoms with Gasteiger partial charge in [0.2, 0.25) is 0 Å². The summed E-state index contributed by atoms with van der Waals surface area (Å²) in [6.45, 7) is 2.24. The molecule has 20 heavy (non-hydrogen) atoms. The van der Waals surface area contributed by atoms with Crippen molar-refractivity contribution in [3.05, 3.63) is 30.0 Å². The zero-order chi connectivity index (χ0) is 13.9. The Morgan fingerprint density at radius 3 is 3.20 bits per heavy atom. The van der Waals surface area contributed by atoms with E-state index in [1.54, 1.807) is 6.20 Å². The lowest BCUT2D eigenvalue weighted by molar-refractivity contribution is 0.0919. The molecule has 1 aliphatic rings. The lowest BCUT2D eigenvalue weighted by Gasteiger charge is -2.29. The first-order chi connectivity index (χ1) is 9.76. The summed E-state index contributed by atoms with van der Waals surface area (Å²) in [5.41, 5.74) is 1.62. The number of carbonyl (C=O) groups is 1. The molecule has 4 heteroatoms. The molecule has 1 heterocycles. The van der Waals surface area contributed by atoms with Crippen molar-refractivity contribution in [1.82, 2.24) is 15.5 Å². The Balaban J connectivity index is 1.69. The van der Waals surface area contributed by atoms with Crippen LogP contribution in [0.3, 0.4) is 0 Å². The lowest BCUT2D eigenvalue weighted by Crippen LogP contribution is -2.38. The van der Waals surface area contributed by atoms with Gasteiger partial charge in [-0.2, -0.15) is 5.10 Å². The first-order valence-corrected chi connectivity index (χ1v) is 7.50. The fourth-order valence-electron chi connectivity index (χ4n) is 3.14. The highest BCUT2D eigenvalue weighted by molar-refractivity contribution is 5.97. The molecule has 2 N–H and O–H groups in total. The molecule has 2 aromatic rings. The number of H-pyrrole nitrogens is 1. The van der Waals surface area contributed by atoms with Gasteiger partial charge in [-0.25, -0.2) is 0 Å². The summed E-state index contributed by atoms with van der Waals surface area (Å²) in [7, 11) is 0. The van der Waals surface area contributed by atoms with Crippen LogP contribution in [-0.4, -0.2) is 22.1 Å². The fraction of sp³-hybridized carbons (Fsp3) is 0.500. The molecule has 3 rings (SSSR count). The Kier molecular flexibility index (Phi) is 3.72. The summed E-state index contributed by atoms with van der Waals surface area (Å²) in [6, 6.07) is 6.01. The minimum absolute atomic E-state index is 0.0308. The molecule has 2 unspecified atom stereocenters. The van der Waals surface area contributed by atoms with Gasteiger partial charge in [-0.1, -0.05) is 32.3 Å². The van der Waals surface area contributed by atoms with Crippen LogP contribution in [0.15, 0.2) is 24.4 Å². The van der Waals surface area contributed by atoms with E-state index in [4.69, 9.17) is 0 Å². The molecule has 0 bridgehead atoms. The summed E-state index contributed by atoms with van der Waals surface area (Å²) < 4.78 is 0. The predicted octanol–water partition coefficient (Wildman–Crippen LogP) is 3.26. The topological polar surface area (TPSA) is 57.8 Å². The van der Waals surface area contributed by atoms with Crippen molar-refractivity contribution in [3.63, 3.8) is 0 Å². The summed E-state index contributed by atoms with van der Waals surface area (Å²) in [6.07, 6.45) is 7.74. The Labute approximate surface area is 119 Å². The van der Waals surface area contributed by atoms with Gasteiger partial charge >= 0.3 is 0 Å². The molecule has 2 atom stereocenters. The highest BCUT2D eigenvalue weighted by atomic mass is 16.1. The Morgan fingerprint density at radius 2 is 2.35 bits per heavy atom. The number of aromatic nitrogens is 2.